The van der Waals surface area contributed by atoms with Crippen LogP contribution in [0.2, 0.25) is 0 Å². The summed E-state index contributed by atoms with van der Waals surface area (Å²) in [5, 5.41) is 34.9. The summed E-state index contributed by atoms with van der Waals surface area (Å²) in [6.07, 6.45) is 5.05. The number of amides is 1. The number of nitrogens with zero attached hydrogens (tertiary/aromatic N) is 1. The van der Waals surface area contributed by atoms with Crippen LogP contribution in [0.1, 0.15) is 62.7 Å². The first-order chi connectivity index (χ1) is 19.5. The van der Waals surface area contributed by atoms with Gasteiger partial charge in [0.25, 0.3) is 0 Å². The van der Waals surface area contributed by atoms with Gasteiger partial charge in [-0.3, -0.25) is 9.59 Å². The Morgan fingerprint density at radius 2 is 1.93 bits per heavy atom. The zero-order valence-electron chi connectivity index (χ0n) is 24.8. The maximum atomic E-state index is 13.3. The molecule has 11 nitrogen and oxygen atoms in total. The minimum atomic E-state index is -1.39. The fourth-order valence-electron chi connectivity index (χ4n) is 8.24. The number of phenolic OH excluding ortho intramolecular Hbond substituents is 2. The first kappa shape index (κ1) is 30.0. The molecule has 11 heteroatoms. The van der Waals surface area contributed by atoms with Gasteiger partial charge in [0, 0.05) is 30.1 Å². The first-order valence-electron chi connectivity index (χ1n) is 14.4. The van der Waals surface area contributed by atoms with Crippen LogP contribution in [0.15, 0.2) is 24.3 Å². The fourth-order valence-corrected chi connectivity index (χ4v) is 8.24. The number of carboxylic acids is 1. The number of rotatable bonds is 10. The zero-order chi connectivity index (χ0) is 30.8. The Hall–Kier alpha value is -3.44. The number of quaternary nitrogens is 1. The number of phenols is 2. The lowest BCUT2D eigenvalue weighted by molar-refractivity contribution is -0.873. The summed E-state index contributed by atoms with van der Waals surface area (Å²) in [6.45, 7) is 4.23. The molecular weight excluding hydrogens is 544 g/mol. The lowest BCUT2D eigenvalue weighted by Crippen LogP contribution is -2.56. The van der Waals surface area contributed by atoms with E-state index in [0.29, 0.717) is 10.4 Å². The Kier molecular flexibility index (Phi) is 7.21. The highest BCUT2D eigenvalue weighted by Gasteiger charge is 2.71. The van der Waals surface area contributed by atoms with E-state index in [0.717, 1.165) is 31.4 Å². The minimum absolute atomic E-state index is 0.0380. The molecule has 3 N–H and O–H groups in total. The Morgan fingerprint density at radius 3 is 2.57 bits per heavy atom. The largest absolute Gasteiger partial charge is 0.550 e. The van der Waals surface area contributed by atoms with E-state index in [-0.39, 0.29) is 59.5 Å². The van der Waals surface area contributed by atoms with Crippen molar-refractivity contribution in [3.8, 4) is 11.5 Å². The van der Waals surface area contributed by atoms with Crippen molar-refractivity contribution in [3.63, 3.8) is 0 Å². The van der Waals surface area contributed by atoms with E-state index in [1.54, 1.807) is 27.2 Å². The Balaban J connectivity index is 1.29. The molecule has 6 rings (SSSR count). The highest BCUT2D eigenvalue weighted by Crippen LogP contribution is 2.71. The number of nitrogens with one attached hydrogen (secondary N) is 1. The van der Waals surface area contributed by atoms with Crippen molar-refractivity contribution in [1.29, 1.82) is 0 Å². The topological polar surface area (TPSA) is 162 Å². The number of likely N-dealkylation sites (N-methyl/N-ethyl adjacent to an activating group) is 1. The SMILES string of the molecule is C[C@]12C[C@@]34C=CC(=O)[C@@](C)(CCC(=O)Nc5c(O)ccc(C(=O)OC(CC(=O)[O-])C[N+](C)(C)C)c5O)[C@@H]3[C@H](C[C@@H]1C4)O2. The monoisotopic (exact) mass is 584 g/mol. The number of ketones is 1. The molecule has 2 saturated heterocycles. The van der Waals surface area contributed by atoms with Gasteiger partial charge in [0.1, 0.15) is 23.5 Å². The van der Waals surface area contributed by atoms with E-state index in [1.165, 1.54) is 0 Å². The number of carbonyl (C=O) groups is 4. The average Bonchev–Trinajstić information content (AvgIpc) is 3.22. The predicted molar refractivity (Wildman–Crippen MR) is 148 cm³/mol. The standard InChI is InChI=1S/C31H40N2O9/c1-29(22(35)8-11-31-14-17-12-21(27(29)31)42-30(17,2)16-31)10-9-23(36)32-25-20(34)7-6-19(26(25)39)28(40)41-18(13-24(37)38)15-33(3,4)5/h6-8,11,17-18,21,27H,9-10,12-16H2,1-5H3,(H3-,32,34,36,37,38,39,40)/t17-,18?,21+,27+,29-,30+,31+/m1/s1. The maximum absolute atomic E-state index is 13.3. The lowest BCUT2D eigenvalue weighted by Gasteiger charge is -2.55. The summed E-state index contributed by atoms with van der Waals surface area (Å²) in [5.74, 6) is -3.75. The molecule has 1 unspecified atom stereocenters. The van der Waals surface area contributed by atoms with Crippen LogP contribution >= 0.6 is 0 Å². The molecule has 4 bridgehead atoms. The normalized spacial score (nSPS) is 33.4. The van der Waals surface area contributed by atoms with E-state index in [1.807, 2.05) is 6.92 Å². The Bertz CT molecular complexity index is 1370. The third-order valence-electron chi connectivity index (χ3n) is 9.85. The van der Waals surface area contributed by atoms with E-state index >= 15 is 0 Å². The third-order valence-corrected chi connectivity index (χ3v) is 9.85. The van der Waals surface area contributed by atoms with Crippen LogP contribution in [-0.2, 0) is 23.9 Å². The number of aromatic hydroxyl groups is 2. The van der Waals surface area contributed by atoms with Gasteiger partial charge < -0.3 is 39.4 Å². The predicted octanol–water partition coefficient (Wildman–Crippen LogP) is 1.91. The van der Waals surface area contributed by atoms with Crippen molar-refractivity contribution < 1.29 is 48.5 Å². The molecule has 1 spiro atoms. The number of carbonyl (C=O) groups excluding carboxylic acids is 4. The number of aliphatic carboxylic acids is 1. The van der Waals surface area contributed by atoms with Gasteiger partial charge in [-0.25, -0.2) is 4.79 Å². The number of carboxylic acid groups (broad SMARTS) is 1. The van der Waals surface area contributed by atoms with Crippen molar-refractivity contribution in [2.75, 3.05) is 33.0 Å². The number of hydrogen-bond donors (Lipinski definition) is 3. The molecule has 3 aliphatic carbocycles. The molecule has 4 fully saturated rings. The highest BCUT2D eigenvalue weighted by atomic mass is 16.5. The molecule has 2 heterocycles. The van der Waals surface area contributed by atoms with Gasteiger partial charge in [-0.1, -0.05) is 13.0 Å². The van der Waals surface area contributed by atoms with Crippen LogP contribution in [0, 0.1) is 22.7 Å². The van der Waals surface area contributed by atoms with Crippen LogP contribution in [0.25, 0.3) is 0 Å². The molecule has 42 heavy (non-hydrogen) atoms. The molecule has 1 aromatic rings. The van der Waals surface area contributed by atoms with Gasteiger partial charge >= 0.3 is 5.97 Å². The molecule has 1 amide bonds. The van der Waals surface area contributed by atoms with Crippen LogP contribution in [0.3, 0.4) is 0 Å². The smallest absolute Gasteiger partial charge is 0.342 e. The van der Waals surface area contributed by atoms with Crippen molar-refractivity contribution in [1.82, 2.24) is 0 Å². The van der Waals surface area contributed by atoms with Crippen molar-refractivity contribution >= 4 is 29.3 Å². The Labute approximate surface area is 245 Å². The average molecular weight is 585 g/mol. The van der Waals surface area contributed by atoms with Crippen LogP contribution < -0.4 is 10.4 Å². The summed E-state index contributed by atoms with van der Waals surface area (Å²) in [7, 11) is 5.40. The number of esters is 1. The summed E-state index contributed by atoms with van der Waals surface area (Å²) in [6, 6.07) is 2.26. The molecule has 0 aromatic heterocycles. The first-order valence-corrected chi connectivity index (χ1v) is 14.4. The number of anilines is 1. The van der Waals surface area contributed by atoms with Gasteiger partial charge in [-0.2, -0.15) is 0 Å². The van der Waals surface area contributed by atoms with E-state index in [2.05, 4.69) is 18.3 Å². The van der Waals surface area contributed by atoms with Crippen LogP contribution in [0.5, 0.6) is 11.5 Å². The van der Waals surface area contributed by atoms with Gasteiger partial charge in [0.2, 0.25) is 5.91 Å². The quantitative estimate of drug-likeness (QED) is 0.212. The number of allylic oxidation sites excluding steroid dienone is 2. The second kappa shape index (κ2) is 10.1. The molecular formula is C31H40N2O9. The zero-order valence-corrected chi connectivity index (χ0v) is 24.8. The molecule has 7 atom stereocenters. The molecule has 0 radical (unpaired) electrons. The van der Waals surface area contributed by atoms with Gasteiger partial charge in [-0.15, -0.1) is 0 Å². The summed E-state index contributed by atoms with van der Waals surface area (Å²) in [5.41, 5.74) is -1.82. The maximum Gasteiger partial charge on any atom is 0.342 e. The summed E-state index contributed by atoms with van der Waals surface area (Å²) >= 11 is 0. The lowest BCUT2D eigenvalue weighted by atomic mass is 9.51. The fraction of sp³-hybridized carbons (Fsp3) is 0.613. The van der Waals surface area contributed by atoms with Gasteiger partial charge in [0.15, 0.2) is 17.6 Å². The van der Waals surface area contributed by atoms with Crippen molar-refractivity contribution in [2.24, 2.45) is 22.7 Å². The van der Waals surface area contributed by atoms with Crippen LogP contribution in [-0.4, -0.2) is 83.8 Å². The van der Waals surface area contributed by atoms with E-state index in [9.17, 15) is 34.5 Å². The van der Waals surface area contributed by atoms with Gasteiger partial charge in [0.05, 0.1) is 32.8 Å². The molecule has 2 saturated carbocycles. The van der Waals surface area contributed by atoms with Gasteiger partial charge in [-0.05, 0) is 62.1 Å². The number of hydrogen-bond acceptors (Lipinski definition) is 9. The molecule has 5 aliphatic rings. The van der Waals surface area contributed by atoms with Crippen molar-refractivity contribution in [2.45, 2.75) is 70.2 Å². The van der Waals surface area contributed by atoms with Crippen LogP contribution in [0.4, 0.5) is 5.69 Å². The van der Waals surface area contributed by atoms with E-state index < -0.39 is 47.3 Å². The number of benzene rings is 1. The highest BCUT2D eigenvalue weighted by molar-refractivity contribution is 6.01. The summed E-state index contributed by atoms with van der Waals surface area (Å²) in [4.78, 5) is 50.5. The molecule has 228 valence electrons. The van der Waals surface area contributed by atoms with Crippen molar-refractivity contribution in [3.05, 3.63) is 29.8 Å². The molecule has 2 aliphatic heterocycles. The molecule has 1 aromatic carbocycles. The number of ether oxygens (including phenoxy) is 2. The second-order valence-electron chi connectivity index (χ2n) is 14.1. The minimum Gasteiger partial charge on any atom is -0.550 e. The Morgan fingerprint density at radius 1 is 1.21 bits per heavy atom. The summed E-state index contributed by atoms with van der Waals surface area (Å²) < 4.78 is 12.1. The second-order valence-corrected chi connectivity index (χ2v) is 14.1. The third kappa shape index (κ3) is 5.17. The van der Waals surface area contributed by atoms with E-state index in [4.69, 9.17) is 9.47 Å².